The number of nitrogens with one attached hydrogen (secondary N) is 1. The van der Waals surface area contributed by atoms with Crippen molar-refractivity contribution in [2.24, 2.45) is 4.40 Å². The van der Waals surface area contributed by atoms with Gasteiger partial charge in [-0.25, -0.2) is 17.2 Å². The van der Waals surface area contributed by atoms with Gasteiger partial charge in [0.15, 0.2) is 20.4 Å². The van der Waals surface area contributed by atoms with Gasteiger partial charge in [0.1, 0.15) is 5.75 Å². The summed E-state index contributed by atoms with van der Waals surface area (Å²) in [6, 6.07) is 6.57. The van der Waals surface area contributed by atoms with Crippen molar-refractivity contribution in [3.05, 3.63) is 68.4 Å². The fourth-order valence-corrected chi connectivity index (χ4v) is 6.48. The largest absolute Gasteiger partial charge is 0.409 e. The van der Waals surface area contributed by atoms with Crippen molar-refractivity contribution in [3.63, 3.8) is 0 Å². The number of hydrogen-bond acceptors (Lipinski definition) is 5. The number of aryl methyl sites for hydroxylation is 1. The Morgan fingerprint density at radius 2 is 1.89 bits per heavy atom. The van der Waals surface area contributed by atoms with E-state index < -0.39 is 60.7 Å². The third-order valence-electron chi connectivity index (χ3n) is 6.16. The van der Waals surface area contributed by atoms with Crippen molar-refractivity contribution in [2.75, 3.05) is 12.0 Å². The summed E-state index contributed by atoms with van der Waals surface area (Å²) < 4.78 is 81.4. The van der Waals surface area contributed by atoms with Crippen molar-refractivity contribution in [2.45, 2.75) is 42.6 Å². The van der Waals surface area contributed by atoms with Crippen LogP contribution < -0.4 is 5.32 Å². The molecule has 36 heavy (non-hydrogen) atoms. The molecule has 1 heterocycles. The van der Waals surface area contributed by atoms with Gasteiger partial charge in [0.25, 0.3) is 0 Å². The summed E-state index contributed by atoms with van der Waals surface area (Å²) in [7, 11) is -3.48. The summed E-state index contributed by atoms with van der Waals surface area (Å²) in [5.74, 6) is -2.22. The summed E-state index contributed by atoms with van der Waals surface area (Å²) >= 11 is 11.9. The minimum absolute atomic E-state index is 0.208. The number of benzene rings is 2. The van der Waals surface area contributed by atoms with Gasteiger partial charge in [-0.3, -0.25) is 4.79 Å². The van der Waals surface area contributed by atoms with Crippen molar-refractivity contribution in [1.29, 1.82) is 0 Å². The first-order valence-electron chi connectivity index (χ1n) is 10.8. The minimum Gasteiger partial charge on any atom is -0.348 e. The molecule has 1 N–H and O–H groups in total. The van der Waals surface area contributed by atoms with Crippen LogP contribution in [-0.2, 0) is 25.8 Å². The molecule has 2 atom stereocenters. The number of carbonyl (C=O) groups excluding carboxylic acids is 1. The lowest BCUT2D eigenvalue weighted by Crippen LogP contribution is -2.38. The molecule has 1 aliphatic carbocycles. The Morgan fingerprint density at radius 1 is 1.22 bits per heavy atom. The Kier molecular flexibility index (Phi) is 7.42. The van der Waals surface area contributed by atoms with Crippen LogP contribution in [0, 0.1) is 5.82 Å². The van der Waals surface area contributed by atoms with Crippen LogP contribution in [0.5, 0.6) is 0 Å². The molecule has 0 radical (unpaired) electrons. The van der Waals surface area contributed by atoms with Crippen LogP contribution in [0.15, 0.2) is 34.7 Å². The molecule has 2 unspecified atom stereocenters. The fraction of sp³-hybridized carbons (Fsp3) is 0.391. The number of hydrogen-bond donors (Lipinski definition) is 1. The number of carbonyl (C=O) groups is 1. The predicted molar refractivity (Wildman–Crippen MR) is 133 cm³/mol. The maximum atomic E-state index is 14.4. The van der Waals surface area contributed by atoms with Crippen molar-refractivity contribution < 1.29 is 30.8 Å². The van der Waals surface area contributed by atoms with E-state index in [0.717, 1.165) is 29.5 Å². The van der Waals surface area contributed by atoms with E-state index in [2.05, 4.69) is 9.71 Å². The summed E-state index contributed by atoms with van der Waals surface area (Å²) in [4.78, 5) is 12.1. The third-order valence-corrected chi connectivity index (χ3v) is 8.73. The zero-order valence-electron chi connectivity index (χ0n) is 18.8. The lowest BCUT2D eigenvalue weighted by molar-refractivity contribution is -0.159. The molecule has 5 nitrogen and oxygen atoms in total. The zero-order chi connectivity index (χ0) is 26.5. The number of alkyl halides is 3. The average molecular weight is 583 g/mol. The molecule has 4 rings (SSSR count). The Morgan fingerprint density at radius 3 is 2.50 bits per heavy atom. The first-order valence-corrected chi connectivity index (χ1v) is 14.4. The minimum atomic E-state index is -4.74. The molecule has 194 valence electrons. The van der Waals surface area contributed by atoms with E-state index in [4.69, 9.17) is 23.2 Å². The van der Waals surface area contributed by atoms with Crippen molar-refractivity contribution in [1.82, 2.24) is 5.32 Å². The molecule has 13 heteroatoms. The van der Waals surface area contributed by atoms with E-state index in [1.54, 1.807) is 18.2 Å². The van der Waals surface area contributed by atoms with Crippen LogP contribution in [-0.4, -0.2) is 38.2 Å². The highest BCUT2D eigenvalue weighted by atomic mass is 35.5. The molecule has 2 aromatic carbocycles. The molecule has 0 saturated heterocycles. The van der Waals surface area contributed by atoms with E-state index in [-0.39, 0.29) is 11.3 Å². The molecule has 0 bridgehead atoms. The molecule has 0 aromatic heterocycles. The van der Waals surface area contributed by atoms with Crippen molar-refractivity contribution >= 4 is 56.6 Å². The van der Waals surface area contributed by atoms with Gasteiger partial charge in [-0.2, -0.15) is 13.2 Å². The van der Waals surface area contributed by atoms with Crippen LogP contribution in [0.25, 0.3) is 0 Å². The van der Waals surface area contributed by atoms with Crippen LogP contribution in [0.2, 0.25) is 10.0 Å². The Hall–Kier alpha value is -1.82. The maximum absolute atomic E-state index is 14.4. The second-order valence-electron chi connectivity index (χ2n) is 8.88. The van der Waals surface area contributed by atoms with Gasteiger partial charge in [0, 0.05) is 12.7 Å². The SMILES string of the molecule is CS(=O)(=O)CC(=O)NC1CCCc2cc(C3=NSC(c4cc(Cl)c(F)c(Cl)c4)(C(F)(F)F)C3)ccc21. The lowest BCUT2D eigenvalue weighted by atomic mass is 9.84. The number of halogens is 6. The number of fused-ring (bicyclic) bond motifs is 1. The summed E-state index contributed by atoms with van der Waals surface area (Å²) in [6.45, 7) is 0. The molecule has 0 fully saturated rings. The van der Waals surface area contributed by atoms with E-state index >= 15 is 0 Å². The van der Waals surface area contributed by atoms with Crippen LogP contribution >= 0.6 is 35.1 Å². The quantitative estimate of drug-likeness (QED) is 0.268. The number of nitrogens with zero attached hydrogens (tertiary/aromatic N) is 1. The molecule has 1 amide bonds. The van der Waals surface area contributed by atoms with E-state index in [1.807, 2.05) is 0 Å². The molecule has 0 spiro atoms. The predicted octanol–water partition coefficient (Wildman–Crippen LogP) is 5.97. The molecular weight excluding hydrogens is 563 g/mol. The number of amides is 1. The molecular formula is C23H20Cl2F4N2O3S2. The molecule has 2 aromatic rings. The van der Waals surface area contributed by atoms with E-state index in [1.165, 1.54) is 0 Å². The van der Waals surface area contributed by atoms with Crippen LogP contribution in [0.3, 0.4) is 0 Å². The highest BCUT2D eigenvalue weighted by Gasteiger charge is 2.60. The number of sulfone groups is 1. The topological polar surface area (TPSA) is 75.6 Å². The monoisotopic (exact) mass is 582 g/mol. The van der Waals surface area contributed by atoms with Gasteiger partial charge in [-0.05, 0) is 71.7 Å². The lowest BCUT2D eigenvalue weighted by Gasteiger charge is -2.30. The second kappa shape index (κ2) is 9.81. The Labute approximate surface area is 219 Å². The van der Waals surface area contributed by atoms with Gasteiger partial charge in [0.05, 0.1) is 21.8 Å². The van der Waals surface area contributed by atoms with Gasteiger partial charge in [-0.1, -0.05) is 35.3 Å². The standard InChI is InChI=1S/C23H20Cl2F4N2O3S2/c1-36(33,34)11-20(32)30-18-4-2-3-12-7-13(5-6-15(12)18)19-10-22(35-31-19,23(27,28)29)14-8-16(24)21(26)17(25)9-14/h5-9,18H,2-4,10-11H2,1H3,(H,30,32). The molecule has 1 aliphatic heterocycles. The van der Waals surface area contributed by atoms with Crippen LogP contribution in [0.4, 0.5) is 17.6 Å². The van der Waals surface area contributed by atoms with Crippen molar-refractivity contribution in [3.8, 4) is 0 Å². The highest BCUT2D eigenvalue weighted by Crippen LogP contribution is 2.57. The van der Waals surface area contributed by atoms with Gasteiger partial charge in [0.2, 0.25) is 5.91 Å². The zero-order valence-corrected chi connectivity index (χ0v) is 21.9. The molecule has 0 saturated carbocycles. The smallest absolute Gasteiger partial charge is 0.348 e. The average Bonchev–Trinajstić information content (AvgIpc) is 3.23. The maximum Gasteiger partial charge on any atom is 0.409 e. The van der Waals surface area contributed by atoms with Gasteiger partial charge >= 0.3 is 6.18 Å². The van der Waals surface area contributed by atoms with Crippen LogP contribution in [0.1, 0.15) is 47.6 Å². The fourth-order valence-electron chi connectivity index (χ4n) is 4.47. The first-order chi connectivity index (χ1) is 16.7. The van der Waals surface area contributed by atoms with E-state index in [9.17, 15) is 30.8 Å². The highest BCUT2D eigenvalue weighted by molar-refractivity contribution is 7.99. The Balaban J connectivity index is 1.62. The van der Waals surface area contributed by atoms with Gasteiger partial charge in [-0.15, -0.1) is 0 Å². The summed E-state index contributed by atoms with van der Waals surface area (Å²) in [6.07, 6.45) is -2.30. The molecule has 2 aliphatic rings. The Bertz CT molecular complexity index is 1340. The van der Waals surface area contributed by atoms with Gasteiger partial charge < -0.3 is 5.32 Å². The van der Waals surface area contributed by atoms with E-state index in [0.29, 0.717) is 36.8 Å². The number of rotatable bonds is 5. The second-order valence-corrected chi connectivity index (χ2v) is 12.9. The summed E-state index contributed by atoms with van der Waals surface area (Å²) in [5, 5.41) is 1.72. The summed E-state index contributed by atoms with van der Waals surface area (Å²) in [5.41, 5.74) is 2.04. The normalized spacial score (nSPS) is 22.2. The first kappa shape index (κ1) is 27.2. The third kappa shape index (κ3) is 5.39.